The van der Waals surface area contributed by atoms with Gasteiger partial charge >= 0.3 is 12.3 Å². The van der Waals surface area contributed by atoms with Gasteiger partial charge in [0.2, 0.25) is 0 Å². The Balaban J connectivity index is 2.32. The molecule has 6 heteroatoms. The maximum atomic E-state index is 12.1. The molecule has 20 heavy (non-hydrogen) atoms. The molecule has 1 amide bonds. The van der Waals surface area contributed by atoms with Gasteiger partial charge in [-0.3, -0.25) is 10.1 Å². The van der Waals surface area contributed by atoms with Crippen LogP contribution in [0.5, 0.6) is 0 Å². The van der Waals surface area contributed by atoms with E-state index in [1.165, 1.54) is 4.90 Å². The lowest BCUT2D eigenvalue weighted by Gasteiger charge is -2.32. The number of carbonyl (C=O) groups excluding carboxylic acids is 1. The van der Waals surface area contributed by atoms with Crippen molar-refractivity contribution in [3.8, 4) is 0 Å². The maximum Gasteiger partial charge on any atom is 0.415 e. The van der Waals surface area contributed by atoms with Crippen molar-refractivity contribution in [1.29, 1.82) is 0 Å². The topological polar surface area (TPSA) is 72.7 Å². The fourth-order valence-corrected chi connectivity index (χ4v) is 2.28. The van der Waals surface area contributed by atoms with Gasteiger partial charge in [0, 0.05) is 6.54 Å². The van der Waals surface area contributed by atoms with Gasteiger partial charge in [0.1, 0.15) is 5.60 Å². The molecule has 1 aromatic rings. The van der Waals surface area contributed by atoms with E-state index < -0.39 is 22.8 Å². The predicted octanol–water partition coefficient (Wildman–Crippen LogP) is 2.76. The van der Waals surface area contributed by atoms with Gasteiger partial charge < -0.3 is 4.74 Å². The third-order valence-electron chi connectivity index (χ3n) is 3.08. The highest BCUT2D eigenvalue weighted by atomic mass is 16.6. The number of benzene rings is 1. The third-order valence-corrected chi connectivity index (χ3v) is 3.08. The summed E-state index contributed by atoms with van der Waals surface area (Å²) in [6, 6.07) is 7.14. The number of amides is 1. The molecule has 0 radical (unpaired) electrons. The molecular weight excluding hydrogens is 260 g/mol. The summed E-state index contributed by atoms with van der Waals surface area (Å²) in [6.07, 6.45) is -1.22. The third kappa shape index (κ3) is 2.89. The first-order valence-electron chi connectivity index (χ1n) is 6.50. The van der Waals surface area contributed by atoms with E-state index >= 15 is 0 Å². The molecule has 1 atom stereocenters. The molecule has 0 N–H and O–H groups in total. The molecule has 1 heterocycles. The summed E-state index contributed by atoms with van der Waals surface area (Å²) in [7, 11) is 0. The number of nitro groups is 1. The summed E-state index contributed by atoms with van der Waals surface area (Å²) in [5, 5.41) is 11.4. The summed E-state index contributed by atoms with van der Waals surface area (Å²) >= 11 is 0. The van der Waals surface area contributed by atoms with Gasteiger partial charge in [0.05, 0.1) is 10.5 Å². The van der Waals surface area contributed by atoms with Crippen molar-refractivity contribution in [3.05, 3.63) is 45.5 Å². The SMILES string of the molecule is CC(C)(C)OC(=O)N1CCc2ccccc2C1[N+](=O)[O-]. The highest BCUT2D eigenvalue weighted by Crippen LogP contribution is 2.31. The summed E-state index contributed by atoms with van der Waals surface area (Å²) in [5.74, 6) is 0. The second-order valence-corrected chi connectivity index (χ2v) is 5.78. The molecule has 0 bridgehead atoms. The van der Waals surface area contributed by atoms with Gasteiger partial charge in [-0.1, -0.05) is 18.2 Å². The van der Waals surface area contributed by atoms with Gasteiger partial charge in [-0.2, -0.15) is 0 Å². The van der Waals surface area contributed by atoms with E-state index in [-0.39, 0.29) is 6.54 Å². The largest absolute Gasteiger partial charge is 0.444 e. The molecule has 0 saturated carbocycles. The average Bonchev–Trinajstić information content (AvgIpc) is 2.35. The second-order valence-electron chi connectivity index (χ2n) is 5.78. The normalized spacial score (nSPS) is 18.4. The molecule has 1 aliphatic heterocycles. The lowest BCUT2D eigenvalue weighted by Crippen LogP contribution is -2.45. The van der Waals surface area contributed by atoms with Crippen LogP contribution >= 0.6 is 0 Å². The van der Waals surface area contributed by atoms with Crippen LogP contribution in [0.2, 0.25) is 0 Å². The maximum absolute atomic E-state index is 12.1. The van der Waals surface area contributed by atoms with E-state index in [1.807, 2.05) is 12.1 Å². The summed E-state index contributed by atoms with van der Waals surface area (Å²) in [5.41, 5.74) is 0.804. The minimum absolute atomic E-state index is 0.289. The minimum Gasteiger partial charge on any atom is -0.444 e. The van der Waals surface area contributed by atoms with E-state index in [1.54, 1.807) is 32.9 Å². The van der Waals surface area contributed by atoms with Gasteiger partial charge in [-0.15, -0.1) is 0 Å². The Bertz CT molecular complexity index is 536. The zero-order valence-electron chi connectivity index (χ0n) is 11.8. The van der Waals surface area contributed by atoms with Gasteiger partial charge in [0.25, 0.3) is 0 Å². The Morgan fingerprint density at radius 3 is 2.65 bits per heavy atom. The van der Waals surface area contributed by atoms with Crippen LogP contribution in [0.25, 0.3) is 0 Å². The molecule has 108 valence electrons. The van der Waals surface area contributed by atoms with Gasteiger partial charge in [-0.05, 0) is 38.8 Å². The van der Waals surface area contributed by atoms with Crippen LogP contribution in [0, 0.1) is 10.1 Å². The molecule has 1 aliphatic rings. The molecule has 0 saturated heterocycles. The fraction of sp³-hybridized carbons (Fsp3) is 0.500. The Hall–Kier alpha value is -2.11. The molecule has 0 spiro atoms. The molecule has 0 fully saturated rings. The second kappa shape index (κ2) is 5.11. The van der Waals surface area contributed by atoms with Crippen molar-refractivity contribution in [3.63, 3.8) is 0 Å². The summed E-state index contributed by atoms with van der Waals surface area (Å²) in [6.45, 7) is 5.51. The average molecular weight is 278 g/mol. The Morgan fingerprint density at radius 1 is 1.40 bits per heavy atom. The number of rotatable bonds is 1. The first kappa shape index (κ1) is 14.3. The molecule has 2 rings (SSSR count). The highest BCUT2D eigenvalue weighted by molar-refractivity contribution is 5.69. The smallest absolute Gasteiger partial charge is 0.415 e. The van der Waals surface area contributed by atoms with Gasteiger partial charge in [0.15, 0.2) is 0 Å². The molecule has 0 aliphatic carbocycles. The number of ether oxygens (including phenoxy) is 1. The summed E-state index contributed by atoms with van der Waals surface area (Å²) < 4.78 is 5.26. The minimum atomic E-state index is -1.17. The number of carbonyl (C=O) groups is 1. The van der Waals surface area contributed by atoms with Crippen LogP contribution in [0.4, 0.5) is 4.79 Å². The van der Waals surface area contributed by atoms with Crippen LogP contribution in [-0.2, 0) is 11.2 Å². The quantitative estimate of drug-likeness (QED) is 0.585. The first-order chi connectivity index (χ1) is 9.29. The van der Waals surface area contributed by atoms with Crippen molar-refractivity contribution in [1.82, 2.24) is 4.90 Å². The van der Waals surface area contributed by atoms with Crippen molar-refractivity contribution < 1.29 is 14.5 Å². The Kier molecular flexibility index (Phi) is 3.65. The number of hydrogen-bond acceptors (Lipinski definition) is 4. The molecule has 1 unspecified atom stereocenters. The monoisotopic (exact) mass is 278 g/mol. The zero-order chi connectivity index (χ0) is 14.9. The lowest BCUT2D eigenvalue weighted by atomic mass is 9.97. The standard InChI is InChI=1S/C14H18N2O4/c1-14(2,3)20-13(17)15-9-8-10-6-4-5-7-11(10)12(15)16(18)19/h4-7,12H,8-9H2,1-3H3. The Labute approximate surface area is 117 Å². The Morgan fingerprint density at radius 2 is 2.05 bits per heavy atom. The van der Waals surface area contributed by atoms with Crippen molar-refractivity contribution in [2.24, 2.45) is 0 Å². The summed E-state index contributed by atoms with van der Waals surface area (Å²) in [4.78, 5) is 24.2. The predicted molar refractivity (Wildman–Crippen MR) is 72.8 cm³/mol. The van der Waals surface area contributed by atoms with E-state index in [4.69, 9.17) is 4.74 Å². The van der Waals surface area contributed by atoms with Gasteiger partial charge in [-0.25, -0.2) is 9.69 Å². The van der Waals surface area contributed by atoms with E-state index in [0.717, 1.165) is 5.56 Å². The van der Waals surface area contributed by atoms with Crippen molar-refractivity contribution in [2.75, 3.05) is 6.54 Å². The molecule has 1 aromatic carbocycles. The van der Waals surface area contributed by atoms with Crippen molar-refractivity contribution in [2.45, 2.75) is 39.0 Å². The lowest BCUT2D eigenvalue weighted by molar-refractivity contribution is -0.555. The van der Waals surface area contributed by atoms with Crippen molar-refractivity contribution >= 4 is 6.09 Å². The van der Waals surface area contributed by atoms with Crippen LogP contribution in [0.15, 0.2) is 24.3 Å². The van der Waals surface area contributed by atoms with Crippen LogP contribution in [-0.4, -0.2) is 28.1 Å². The molecular formula is C14H18N2O4. The number of fused-ring (bicyclic) bond motifs is 1. The van der Waals surface area contributed by atoms with E-state index in [2.05, 4.69) is 0 Å². The van der Waals surface area contributed by atoms with E-state index in [0.29, 0.717) is 12.0 Å². The van der Waals surface area contributed by atoms with Crippen LogP contribution in [0.3, 0.4) is 0 Å². The van der Waals surface area contributed by atoms with Crippen LogP contribution in [0.1, 0.15) is 38.1 Å². The highest BCUT2D eigenvalue weighted by Gasteiger charge is 2.40. The number of nitrogens with zero attached hydrogens (tertiary/aromatic N) is 2. The van der Waals surface area contributed by atoms with E-state index in [9.17, 15) is 14.9 Å². The molecule has 6 nitrogen and oxygen atoms in total. The number of hydrogen-bond donors (Lipinski definition) is 0. The molecule has 0 aromatic heterocycles. The van der Waals surface area contributed by atoms with Crippen LogP contribution < -0.4 is 0 Å². The zero-order valence-corrected chi connectivity index (χ0v) is 11.8. The first-order valence-corrected chi connectivity index (χ1v) is 6.50. The fourth-order valence-electron chi connectivity index (χ4n) is 2.28.